The first-order valence-electron chi connectivity index (χ1n) is 18.5. The average Bonchev–Trinajstić information content (AvgIpc) is 3.27. The number of benzene rings is 6. The first kappa shape index (κ1) is 42.7. The zero-order chi connectivity index (χ0) is 42.0. The molecular formula is C42H42N3O12P3. The molecule has 6 N–H and O–H groups in total. The first-order valence-corrected chi connectivity index (χ1v) is 23.1. The van der Waals surface area contributed by atoms with Crippen molar-refractivity contribution in [2.75, 3.05) is 0 Å². The van der Waals surface area contributed by atoms with Crippen molar-refractivity contribution in [1.29, 1.82) is 0 Å². The van der Waals surface area contributed by atoms with E-state index in [1.165, 1.54) is 0 Å². The van der Waals surface area contributed by atoms with Crippen LogP contribution in [-0.4, -0.2) is 30.6 Å². The van der Waals surface area contributed by atoms with Crippen molar-refractivity contribution in [1.82, 2.24) is 0 Å². The lowest BCUT2D eigenvalue weighted by atomic mass is 10.2. The van der Waals surface area contributed by atoms with Gasteiger partial charge in [0.15, 0.2) is 0 Å². The summed E-state index contributed by atoms with van der Waals surface area (Å²) >= 11 is 0. The predicted octanol–water partition coefficient (Wildman–Crippen LogP) is 9.27. The highest BCUT2D eigenvalue weighted by Crippen LogP contribution is 2.78. The zero-order valence-corrected chi connectivity index (χ0v) is 34.6. The van der Waals surface area contributed by atoms with E-state index >= 15 is 0 Å². The van der Waals surface area contributed by atoms with Crippen molar-refractivity contribution >= 4 is 23.0 Å². The van der Waals surface area contributed by atoms with E-state index in [-0.39, 0.29) is 74.1 Å². The summed E-state index contributed by atoms with van der Waals surface area (Å²) in [6, 6.07) is 39.4. The highest BCUT2D eigenvalue weighted by molar-refractivity contribution is 7.79. The Morgan fingerprint density at radius 2 is 0.383 bits per heavy atom. The van der Waals surface area contributed by atoms with Gasteiger partial charge in [0.1, 0.15) is 34.5 Å². The first-order chi connectivity index (χ1) is 29.2. The molecular weight excluding hydrogens is 831 g/mol. The molecule has 60 heavy (non-hydrogen) atoms. The lowest BCUT2D eigenvalue weighted by Crippen LogP contribution is -2.11. The van der Waals surface area contributed by atoms with Gasteiger partial charge >= 0.3 is 23.0 Å². The van der Waals surface area contributed by atoms with Crippen molar-refractivity contribution in [3.8, 4) is 34.5 Å². The van der Waals surface area contributed by atoms with Crippen LogP contribution in [0.1, 0.15) is 33.4 Å². The van der Waals surface area contributed by atoms with Crippen LogP contribution in [0.2, 0.25) is 0 Å². The second-order valence-corrected chi connectivity index (χ2v) is 19.3. The lowest BCUT2D eigenvalue weighted by Gasteiger charge is -2.33. The Hall–Kier alpha value is -5.43. The van der Waals surface area contributed by atoms with Crippen LogP contribution < -0.4 is 27.1 Å². The highest BCUT2D eigenvalue weighted by atomic mass is 31.3. The lowest BCUT2D eigenvalue weighted by molar-refractivity contribution is 0.281. The van der Waals surface area contributed by atoms with Gasteiger partial charge in [-0.3, -0.25) is 0 Å². The molecule has 0 fully saturated rings. The van der Waals surface area contributed by atoms with Crippen LogP contribution >= 0.6 is 23.0 Å². The fourth-order valence-corrected chi connectivity index (χ4v) is 14.6. The average molecular weight is 874 g/mol. The number of aliphatic hydroxyl groups excluding tert-OH is 6. The minimum Gasteiger partial charge on any atom is -0.413 e. The zero-order valence-electron chi connectivity index (χ0n) is 31.9. The normalized spacial score (nSPS) is 14.7. The summed E-state index contributed by atoms with van der Waals surface area (Å²) in [5, 5.41) is 59.0. The fraction of sp³-hybridized carbons (Fsp3) is 0.143. The third kappa shape index (κ3) is 10.7. The van der Waals surface area contributed by atoms with Gasteiger partial charge in [0.05, 0.1) is 39.6 Å². The van der Waals surface area contributed by atoms with Gasteiger partial charge in [0.2, 0.25) is 0 Å². The molecule has 0 saturated heterocycles. The minimum atomic E-state index is -4.26. The van der Waals surface area contributed by atoms with Crippen molar-refractivity contribution in [2.45, 2.75) is 39.6 Å². The van der Waals surface area contributed by atoms with Crippen LogP contribution in [0.4, 0.5) is 0 Å². The molecule has 1 aliphatic heterocycles. The third-order valence-electron chi connectivity index (χ3n) is 8.66. The van der Waals surface area contributed by atoms with Gasteiger partial charge < -0.3 is 57.8 Å². The number of nitrogens with zero attached hydrogens (tertiary/aromatic N) is 3. The van der Waals surface area contributed by atoms with Crippen LogP contribution in [0.3, 0.4) is 0 Å². The molecule has 0 saturated carbocycles. The second-order valence-electron chi connectivity index (χ2n) is 13.1. The Morgan fingerprint density at radius 3 is 0.500 bits per heavy atom. The number of aliphatic hydroxyl groups is 6. The largest absolute Gasteiger partial charge is 0.460 e. The van der Waals surface area contributed by atoms with E-state index in [0.717, 1.165) is 0 Å². The van der Waals surface area contributed by atoms with Crippen LogP contribution in [0.25, 0.3) is 0 Å². The number of rotatable bonds is 18. The Morgan fingerprint density at radius 1 is 0.250 bits per heavy atom. The van der Waals surface area contributed by atoms with Gasteiger partial charge in [-0.05, 0) is 106 Å². The van der Waals surface area contributed by atoms with Gasteiger partial charge in [-0.1, -0.05) is 86.3 Å². The quantitative estimate of drug-likeness (QED) is 0.0446. The van der Waals surface area contributed by atoms with Gasteiger partial charge in [0, 0.05) is 0 Å². The van der Waals surface area contributed by atoms with E-state index in [0.29, 0.717) is 33.4 Å². The van der Waals surface area contributed by atoms with Crippen LogP contribution in [-0.2, 0) is 39.6 Å². The Kier molecular flexibility index (Phi) is 13.7. The number of hydrogen-bond donors (Lipinski definition) is 6. The topological polar surface area (TPSA) is 214 Å². The molecule has 0 spiro atoms. The summed E-state index contributed by atoms with van der Waals surface area (Å²) in [7, 11) is -12.8. The predicted molar refractivity (Wildman–Crippen MR) is 226 cm³/mol. The van der Waals surface area contributed by atoms with Gasteiger partial charge in [-0.15, -0.1) is 0 Å². The molecule has 0 unspecified atom stereocenters. The molecule has 0 aliphatic carbocycles. The van der Waals surface area contributed by atoms with Crippen LogP contribution in [0, 0.1) is 0 Å². The summed E-state index contributed by atoms with van der Waals surface area (Å²) in [5.74, 6) is 1.40. The Balaban J connectivity index is 1.55. The van der Waals surface area contributed by atoms with Gasteiger partial charge in [-0.25, -0.2) is 0 Å². The van der Waals surface area contributed by atoms with Gasteiger partial charge in [0.25, 0.3) is 0 Å². The molecule has 0 atom stereocenters. The molecule has 7 rings (SSSR count). The summed E-state index contributed by atoms with van der Waals surface area (Å²) in [6.07, 6.45) is 0. The maximum Gasteiger partial charge on any atom is 0.460 e. The Labute approximate surface area is 346 Å². The molecule has 0 amide bonds. The van der Waals surface area contributed by atoms with Crippen molar-refractivity contribution in [2.24, 2.45) is 13.5 Å². The molecule has 0 aromatic heterocycles. The molecule has 312 valence electrons. The maximum absolute atomic E-state index is 9.83. The molecule has 18 heteroatoms. The molecule has 6 aromatic rings. The summed E-state index contributed by atoms with van der Waals surface area (Å²) in [5.41, 5.74) is 3.67. The molecule has 1 aliphatic rings. The summed E-state index contributed by atoms with van der Waals surface area (Å²) in [4.78, 5) is 0. The molecule has 1 heterocycles. The number of hydrogen-bond acceptors (Lipinski definition) is 15. The van der Waals surface area contributed by atoms with E-state index in [1.807, 2.05) is 0 Å². The van der Waals surface area contributed by atoms with E-state index < -0.39 is 23.0 Å². The van der Waals surface area contributed by atoms with E-state index in [1.54, 1.807) is 146 Å². The highest BCUT2D eigenvalue weighted by Gasteiger charge is 2.49. The van der Waals surface area contributed by atoms with Crippen molar-refractivity contribution in [3.63, 3.8) is 0 Å². The summed E-state index contributed by atoms with van der Waals surface area (Å²) < 4.78 is 56.1. The molecule has 0 bridgehead atoms. The van der Waals surface area contributed by atoms with E-state index in [9.17, 15) is 30.6 Å². The van der Waals surface area contributed by atoms with E-state index in [2.05, 4.69) is 0 Å². The van der Waals surface area contributed by atoms with Crippen molar-refractivity contribution in [3.05, 3.63) is 179 Å². The van der Waals surface area contributed by atoms with Gasteiger partial charge in [-0.2, -0.15) is 0 Å². The third-order valence-corrected chi connectivity index (χ3v) is 16.8. The second kappa shape index (κ2) is 19.3. The SMILES string of the molecule is OCc1ccc(OP2(Oc3ccc(CO)cc3)=NP(Oc3ccc(CO)cc3)(Oc3ccc(CO)cc3)=NP(Oc3ccc(CO)cc3)(Oc3ccc(CO)cc3)=N2)cc1. The maximum atomic E-state index is 9.83. The fourth-order valence-electron chi connectivity index (χ4n) is 5.52. The minimum absolute atomic E-state index is 0.219. The molecule has 0 radical (unpaired) electrons. The molecule has 15 nitrogen and oxygen atoms in total. The Bertz CT molecular complexity index is 2060. The van der Waals surface area contributed by atoms with Crippen LogP contribution in [0.15, 0.2) is 159 Å². The standard InChI is InChI=1S/C42H42N3O12P3/c46-25-31-1-13-37(14-2-31)52-58(53-38-15-3-32(26-47)4-16-38)43-59(54-39-17-5-33(27-48)6-18-39,55-40-19-7-34(28-49)8-20-40)45-60(44-58,56-41-21-9-35(29-50)10-22-41)57-42-23-11-36(30-51)12-24-42/h1-24,46-51H,25-30H2. The molecule has 6 aromatic carbocycles. The monoisotopic (exact) mass is 873 g/mol. The van der Waals surface area contributed by atoms with Crippen molar-refractivity contribution < 1.29 is 57.8 Å². The summed E-state index contributed by atoms with van der Waals surface area (Å²) in [6.45, 7) is -1.32. The van der Waals surface area contributed by atoms with E-state index in [4.69, 9.17) is 40.7 Å². The van der Waals surface area contributed by atoms with Crippen LogP contribution in [0.5, 0.6) is 34.5 Å². The smallest absolute Gasteiger partial charge is 0.413 e.